The second-order valence-electron chi connectivity index (χ2n) is 6.96. The van der Waals surface area contributed by atoms with Gasteiger partial charge in [-0.3, -0.25) is 10.1 Å². The van der Waals surface area contributed by atoms with Crippen LogP contribution in [0.4, 0.5) is 21.3 Å². The number of urea groups is 1. The monoisotopic (exact) mass is 437 g/mol. The molecule has 0 atom stereocenters. The molecule has 2 aromatic carbocycles. The topological polar surface area (TPSA) is 86.8 Å². The molecular weight excluding hydrogens is 414 g/mol. The lowest BCUT2D eigenvalue weighted by Crippen LogP contribution is -2.48. The molecule has 3 amide bonds. The third kappa shape index (κ3) is 5.13. The number of carbonyl (C=O) groups is 2. The van der Waals surface area contributed by atoms with Crippen LogP contribution in [0.15, 0.2) is 60.0 Å². The maximum atomic E-state index is 12.8. The molecule has 2 heterocycles. The number of benzene rings is 2. The lowest BCUT2D eigenvalue weighted by Gasteiger charge is -2.35. The number of methoxy groups -OCH3 is 1. The maximum absolute atomic E-state index is 12.8. The Morgan fingerprint density at radius 1 is 1.00 bits per heavy atom. The van der Waals surface area contributed by atoms with Crippen molar-refractivity contribution in [3.8, 4) is 5.75 Å². The van der Waals surface area contributed by atoms with Crippen LogP contribution in [0.1, 0.15) is 10.5 Å². The normalized spacial score (nSPS) is 13.6. The highest BCUT2D eigenvalue weighted by molar-refractivity contribution is 7.14. The van der Waals surface area contributed by atoms with Crippen molar-refractivity contribution in [3.05, 3.63) is 65.7 Å². The van der Waals surface area contributed by atoms with Crippen LogP contribution in [0, 0.1) is 0 Å². The number of anilines is 3. The van der Waals surface area contributed by atoms with Gasteiger partial charge >= 0.3 is 6.03 Å². The minimum absolute atomic E-state index is 0.127. The molecule has 0 spiro atoms. The molecule has 1 aliphatic rings. The van der Waals surface area contributed by atoms with E-state index in [0.717, 1.165) is 24.5 Å². The SMILES string of the molecule is COc1cccc(N2CCN(C(=O)c3csc(NC(=O)Nc4ccccc4)n3)CC2)c1. The Kier molecular flexibility index (Phi) is 6.32. The number of carbonyl (C=O) groups excluding carboxylic acids is 2. The first-order valence-electron chi connectivity index (χ1n) is 9.89. The Labute approximate surface area is 184 Å². The van der Waals surface area contributed by atoms with Gasteiger partial charge < -0.3 is 19.9 Å². The quantitative estimate of drug-likeness (QED) is 0.635. The summed E-state index contributed by atoms with van der Waals surface area (Å²) in [5, 5.41) is 7.46. The zero-order chi connectivity index (χ0) is 21.6. The van der Waals surface area contributed by atoms with Gasteiger partial charge in [0, 0.05) is 49.0 Å². The molecule has 2 N–H and O–H groups in total. The third-order valence-electron chi connectivity index (χ3n) is 4.96. The Hall–Kier alpha value is -3.59. The summed E-state index contributed by atoms with van der Waals surface area (Å²) in [5.41, 5.74) is 2.10. The number of nitrogens with one attached hydrogen (secondary N) is 2. The Morgan fingerprint density at radius 2 is 1.77 bits per heavy atom. The second-order valence-corrected chi connectivity index (χ2v) is 7.82. The predicted octanol–water partition coefficient (Wildman–Crippen LogP) is 3.76. The first kappa shape index (κ1) is 20.7. The average Bonchev–Trinajstić information content (AvgIpc) is 3.27. The van der Waals surface area contributed by atoms with Crippen LogP contribution in [0.2, 0.25) is 0 Å². The molecule has 0 unspecified atom stereocenters. The Bertz CT molecular complexity index is 1050. The molecule has 160 valence electrons. The van der Waals surface area contributed by atoms with Crippen LogP contribution >= 0.6 is 11.3 Å². The van der Waals surface area contributed by atoms with Crippen LogP contribution in [-0.4, -0.2) is 55.1 Å². The third-order valence-corrected chi connectivity index (χ3v) is 5.72. The van der Waals surface area contributed by atoms with E-state index in [1.54, 1.807) is 29.5 Å². The molecular formula is C22H23N5O3S. The van der Waals surface area contributed by atoms with Crippen molar-refractivity contribution in [2.45, 2.75) is 0 Å². The number of rotatable bonds is 5. The highest BCUT2D eigenvalue weighted by Crippen LogP contribution is 2.23. The van der Waals surface area contributed by atoms with Crippen LogP contribution < -0.4 is 20.3 Å². The van der Waals surface area contributed by atoms with Crippen molar-refractivity contribution < 1.29 is 14.3 Å². The van der Waals surface area contributed by atoms with E-state index in [2.05, 4.69) is 20.5 Å². The fourth-order valence-electron chi connectivity index (χ4n) is 3.35. The van der Waals surface area contributed by atoms with E-state index in [9.17, 15) is 9.59 Å². The van der Waals surface area contributed by atoms with Gasteiger partial charge in [0.15, 0.2) is 5.13 Å². The average molecular weight is 438 g/mol. The highest BCUT2D eigenvalue weighted by atomic mass is 32.1. The van der Waals surface area contributed by atoms with Crippen LogP contribution in [-0.2, 0) is 0 Å². The standard InChI is InChI=1S/C22H23N5O3S/c1-30-18-9-5-8-17(14-18)26-10-12-27(13-11-26)20(28)19-15-31-22(24-19)25-21(29)23-16-6-3-2-4-7-16/h2-9,14-15H,10-13H2,1H3,(H2,23,24,25,29). The number of hydrogen-bond donors (Lipinski definition) is 2. The van der Waals surface area contributed by atoms with Crippen molar-refractivity contribution in [1.29, 1.82) is 0 Å². The van der Waals surface area contributed by atoms with E-state index in [1.165, 1.54) is 11.3 Å². The molecule has 8 nitrogen and oxygen atoms in total. The summed E-state index contributed by atoms with van der Waals surface area (Å²) in [6, 6.07) is 16.6. The lowest BCUT2D eigenvalue weighted by molar-refractivity contribution is 0.0741. The van der Waals surface area contributed by atoms with Gasteiger partial charge in [0.05, 0.1) is 7.11 Å². The van der Waals surface area contributed by atoms with E-state index < -0.39 is 6.03 Å². The van der Waals surface area contributed by atoms with Gasteiger partial charge in [-0.1, -0.05) is 24.3 Å². The molecule has 0 bridgehead atoms. The van der Waals surface area contributed by atoms with E-state index >= 15 is 0 Å². The first-order valence-corrected chi connectivity index (χ1v) is 10.8. The molecule has 3 aromatic rings. The number of hydrogen-bond acceptors (Lipinski definition) is 6. The van der Waals surface area contributed by atoms with E-state index in [1.807, 2.05) is 42.5 Å². The number of nitrogens with zero attached hydrogens (tertiary/aromatic N) is 3. The highest BCUT2D eigenvalue weighted by Gasteiger charge is 2.24. The summed E-state index contributed by atoms with van der Waals surface area (Å²) < 4.78 is 5.29. The van der Waals surface area contributed by atoms with Gasteiger partial charge in [-0.25, -0.2) is 9.78 Å². The van der Waals surface area contributed by atoms with Crippen molar-refractivity contribution in [3.63, 3.8) is 0 Å². The molecule has 1 aromatic heterocycles. The summed E-state index contributed by atoms with van der Waals surface area (Å²) in [6.07, 6.45) is 0. The van der Waals surface area contributed by atoms with Gasteiger partial charge in [-0.2, -0.15) is 0 Å². The number of piperazine rings is 1. The van der Waals surface area contributed by atoms with Crippen molar-refractivity contribution >= 4 is 39.8 Å². The predicted molar refractivity (Wildman–Crippen MR) is 122 cm³/mol. The number of para-hydroxylation sites is 1. The van der Waals surface area contributed by atoms with Crippen molar-refractivity contribution in [1.82, 2.24) is 9.88 Å². The zero-order valence-electron chi connectivity index (χ0n) is 17.1. The van der Waals surface area contributed by atoms with Gasteiger partial charge in [-0.15, -0.1) is 11.3 Å². The van der Waals surface area contributed by atoms with Crippen LogP contribution in [0.5, 0.6) is 5.75 Å². The van der Waals surface area contributed by atoms with Crippen LogP contribution in [0.3, 0.4) is 0 Å². The van der Waals surface area contributed by atoms with E-state index in [0.29, 0.717) is 29.6 Å². The summed E-state index contributed by atoms with van der Waals surface area (Å²) in [6.45, 7) is 2.66. The largest absolute Gasteiger partial charge is 0.497 e. The van der Waals surface area contributed by atoms with Gasteiger partial charge in [0.2, 0.25) is 0 Å². The molecule has 0 saturated carbocycles. The molecule has 1 fully saturated rings. The minimum Gasteiger partial charge on any atom is -0.497 e. The number of thiazole rings is 1. The minimum atomic E-state index is -0.397. The summed E-state index contributed by atoms with van der Waals surface area (Å²) in [7, 11) is 1.65. The van der Waals surface area contributed by atoms with Crippen LogP contribution in [0.25, 0.3) is 0 Å². The molecule has 1 saturated heterocycles. The molecule has 9 heteroatoms. The van der Waals surface area contributed by atoms with E-state index in [-0.39, 0.29) is 5.91 Å². The summed E-state index contributed by atoms with van der Waals surface area (Å²) in [4.78, 5) is 33.3. The fraction of sp³-hybridized carbons (Fsp3) is 0.227. The van der Waals surface area contributed by atoms with Gasteiger partial charge in [0.25, 0.3) is 5.91 Å². The van der Waals surface area contributed by atoms with Crippen molar-refractivity contribution in [2.24, 2.45) is 0 Å². The summed E-state index contributed by atoms with van der Waals surface area (Å²) >= 11 is 1.23. The Balaban J connectivity index is 1.31. The number of amides is 3. The Morgan fingerprint density at radius 3 is 2.52 bits per heavy atom. The fourth-order valence-corrected chi connectivity index (χ4v) is 4.03. The molecule has 1 aliphatic heterocycles. The molecule has 4 rings (SSSR count). The zero-order valence-corrected chi connectivity index (χ0v) is 17.9. The molecule has 0 radical (unpaired) electrons. The number of ether oxygens (including phenoxy) is 1. The lowest BCUT2D eigenvalue weighted by atomic mass is 10.2. The number of aromatic nitrogens is 1. The first-order chi connectivity index (χ1) is 15.1. The molecule has 31 heavy (non-hydrogen) atoms. The van der Waals surface area contributed by atoms with Gasteiger partial charge in [-0.05, 0) is 24.3 Å². The second kappa shape index (κ2) is 9.48. The maximum Gasteiger partial charge on any atom is 0.325 e. The van der Waals surface area contributed by atoms with E-state index in [4.69, 9.17) is 4.74 Å². The van der Waals surface area contributed by atoms with Crippen molar-refractivity contribution in [2.75, 3.05) is 48.8 Å². The summed E-state index contributed by atoms with van der Waals surface area (Å²) in [5.74, 6) is 0.688. The smallest absolute Gasteiger partial charge is 0.325 e. The molecule has 0 aliphatic carbocycles. The van der Waals surface area contributed by atoms with Gasteiger partial charge in [0.1, 0.15) is 11.4 Å².